The Labute approximate surface area is 143 Å². The molecule has 0 saturated carbocycles. The molecule has 0 aliphatic carbocycles. The lowest BCUT2D eigenvalue weighted by Crippen LogP contribution is -1.93. The fourth-order valence-corrected chi connectivity index (χ4v) is 2.28. The first-order valence-electron chi connectivity index (χ1n) is 8.11. The minimum absolute atomic E-state index is 0.794. The van der Waals surface area contributed by atoms with E-state index in [4.69, 9.17) is 9.47 Å². The zero-order valence-corrected chi connectivity index (χ0v) is 14.3. The van der Waals surface area contributed by atoms with E-state index < -0.39 is 0 Å². The Morgan fingerprint density at radius 2 is 1.12 bits per heavy atom. The molecule has 2 aromatic carbocycles. The van der Waals surface area contributed by atoms with E-state index >= 15 is 0 Å². The molecule has 126 valence electrons. The molecule has 0 spiro atoms. The van der Waals surface area contributed by atoms with Gasteiger partial charge in [0.2, 0.25) is 0 Å². The minimum atomic E-state index is 0.794. The number of methoxy groups -OCH3 is 2. The fraction of sp³-hybridized carbons (Fsp3) is 0.300. The Bertz CT molecular complexity index is 621. The third-order valence-electron chi connectivity index (χ3n) is 3.56. The van der Waals surface area contributed by atoms with Crippen molar-refractivity contribution in [2.45, 2.75) is 12.8 Å². The highest BCUT2D eigenvalue weighted by atomic mass is 16.5. The summed E-state index contributed by atoms with van der Waals surface area (Å²) in [6.45, 7) is 1.59. The molecule has 0 aliphatic rings. The van der Waals surface area contributed by atoms with Gasteiger partial charge in [-0.1, -0.05) is 24.3 Å². The SMILES string of the molecule is COc1ccccc1C=NCCCCN=Cc1ccccc1OC. The molecule has 2 aromatic rings. The largest absolute Gasteiger partial charge is 0.496 e. The number of unbranched alkanes of at least 4 members (excludes halogenated alkanes) is 1. The first-order chi connectivity index (χ1) is 11.8. The van der Waals surface area contributed by atoms with E-state index in [1.165, 1.54) is 0 Å². The number of rotatable bonds is 9. The average molecular weight is 324 g/mol. The lowest BCUT2D eigenvalue weighted by molar-refractivity contribution is 0.414. The van der Waals surface area contributed by atoms with Gasteiger partial charge < -0.3 is 9.47 Å². The predicted octanol–water partition coefficient (Wildman–Crippen LogP) is 4.02. The van der Waals surface area contributed by atoms with Crippen molar-refractivity contribution < 1.29 is 9.47 Å². The number of ether oxygens (including phenoxy) is 2. The van der Waals surface area contributed by atoms with Crippen LogP contribution in [0.5, 0.6) is 11.5 Å². The number of aliphatic imine (C=N–C) groups is 2. The van der Waals surface area contributed by atoms with Crippen molar-refractivity contribution in [3.8, 4) is 11.5 Å². The van der Waals surface area contributed by atoms with Crippen LogP contribution in [0, 0.1) is 0 Å². The van der Waals surface area contributed by atoms with Crippen LogP contribution in [0.3, 0.4) is 0 Å². The van der Waals surface area contributed by atoms with Crippen molar-refractivity contribution in [2.24, 2.45) is 9.98 Å². The van der Waals surface area contributed by atoms with Gasteiger partial charge in [0, 0.05) is 36.6 Å². The van der Waals surface area contributed by atoms with Crippen molar-refractivity contribution in [3.63, 3.8) is 0 Å². The Hall–Kier alpha value is -2.62. The summed E-state index contributed by atoms with van der Waals surface area (Å²) in [5.41, 5.74) is 2.02. The summed E-state index contributed by atoms with van der Waals surface area (Å²) in [5.74, 6) is 1.70. The topological polar surface area (TPSA) is 43.2 Å². The normalized spacial score (nSPS) is 11.2. The summed E-state index contributed by atoms with van der Waals surface area (Å²) >= 11 is 0. The molecule has 0 aromatic heterocycles. The molecular weight excluding hydrogens is 300 g/mol. The molecule has 4 nitrogen and oxygen atoms in total. The average Bonchev–Trinajstić information content (AvgIpc) is 2.64. The van der Waals surface area contributed by atoms with Crippen LogP contribution in [0.25, 0.3) is 0 Å². The van der Waals surface area contributed by atoms with Crippen LogP contribution < -0.4 is 9.47 Å². The summed E-state index contributed by atoms with van der Waals surface area (Å²) in [6, 6.07) is 15.8. The fourth-order valence-electron chi connectivity index (χ4n) is 2.28. The quantitative estimate of drug-likeness (QED) is 0.516. The van der Waals surface area contributed by atoms with Gasteiger partial charge in [0.25, 0.3) is 0 Å². The highest BCUT2D eigenvalue weighted by Crippen LogP contribution is 2.15. The molecule has 0 amide bonds. The second kappa shape index (κ2) is 10.2. The van der Waals surface area contributed by atoms with Gasteiger partial charge in [0.05, 0.1) is 14.2 Å². The van der Waals surface area contributed by atoms with Crippen LogP contribution in [-0.4, -0.2) is 39.7 Å². The monoisotopic (exact) mass is 324 g/mol. The highest BCUT2D eigenvalue weighted by Gasteiger charge is 1.98. The standard InChI is InChI=1S/C20H24N2O2/c1-23-19-11-5-3-9-17(19)15-21-13-7-8-14-22-16-18-10-4-6-12-20(18)24-2/h3-6,9-12,15-16H,7-8,13-14H2,1-2H3. The van der Waals surface area contributed by atoms with Crippen LogP contribution in [-0.2, 0) is 0 Å². The molecule has 24 heavy (non-hydrogen) atoms. The summed E-state index contributed by atoms with van der Waals surface area (Å²) in [6.07, 6.45) is 5.76. The molecule has 0 unspecified atom stereocenters. The van der Waals surface area contributed by atoms with Crippen LogP contribution >= 0.6 is 0 Å². The van der Waals surface area contributed by atoms with Crippen molar-refractivity contribution in [1.82, 2.24) is 0 Å². The minimum Gasteiger partial charge on any atom is -0.496 e. The predicted molar refractivity (Wildman–Crippen MR) is 100 cm³/mol. The number of benzene rings is 2. The van der Waals surface area contributed by atoms with Crippen molar-refractivity contribution in [3.05, 3.63) is 59.7 Å². The van der Waals surface area contributed by atoms with Crippen molar-refractivity contribution in [1.29, 1.82) is 0 Å². The van der Waals surface area contributed by atoms with E-state index in [0.717, 1.165) is 48.6 Å². The van der Waals surface area contributed by atoms with Gasteiger partial charge in [-0.15, -0.1) is 0 Å². The second-order valence-electron chi connectivity index (χ2n) is 5.26. The highest BCUT2D eigenvalue weighted by molar-refractivity contribution is 5.83. The van der Waals surface area contributed by atoms with E-state index in [2.05, 4.69) is 9.98 Å². The van der Waals surface area contributed by atoms with Crippen LogP contribution in [0.4, 0.5) is 0 Å². The Kier molecular flexibility index (Phi) is 7.54. The first-order valence-corrected chi connectivity index (χ1v) is 8.11. The van der Waals surface area contributed by atoms with Crippen LogP contribution in [0.1, 0.15) is 24.0 Å². The van der Waals surface area contributed by atoms with Gasteiger partial charge in [0.15, 0.2) is 0 Å². The van der Waals surface area contributed by atoms with E-state index in [9.17, 15) is 0 Å². The third-order valence-corrected chi connectivity index (χ3v) is 3.56. The maximum atomic E-state index is 5.30. The van der Waals surface area contributed by atoms with Gasteiger partial charge in [-0.3, -0.25) is 9.98 Å². The Balaban J connectivity index is 1.70. The molecule has 0 saturated heterocycles. The van der Waals surface area contributed by atoms with Gasteiger partial charge >= 0.3 is 0 Å². The number of nitrogens with zero attached hydrogens (tertiary/aromatic N) is 2. The number of hydrogen-bond donors (Lipinski definition) is 0. The summed E-state index contributed by atoms with van der Waals surface area (Å²) < 4.78 is 10.6. The van der Waals surface area contributed by atoms with E-state index in [0.29, 0.717) is 0 Å². The van der Waals surface area contributed by atoms with Crippen LogP contribution in [0.2, 0.25) is 0 Å². The zero-order valence-electron chi connectivity index (χ0n) is 14.3. The Morgan fingerprint density at radius 3 is 1.54 bits per heavy atom. The van der Waals surface area contributed by atoms with Crippen molar-refractivity contribution >= 4 is 12.4 Å². The van der Waals surface area contributed by atoms with E-state index in [1.54, 1.807) is 14.2 Å². The Morgan fingerprint density at radius 1 is 0.708 bits per heavy atom. The number of hydrogen-bond acceptors (Lipinski definition) is 4. The molecule has 0 heterocycles. The molecule has 0 atom stereocenters. The first kappa shape index (κ1) is 17.7. The molecule has 0 radical (unpaired) electrons. The molecule has 2 rings (SSSR count). The molecule has 0 fully saturated rings. The maximum Gasteiger partial charge on any atom is 0.127 e. The second-order valence-corrected chi connectivity index (χ2v) is 5.26. The summed E-state index contributed by atoms with van der Waals surface area (Å²) in [4.78, 5) is 8.91. The lowest BCUT2D eigenvalue weighted by atomic mass is 10.2. The van der Waals surface area contributed by atoms with Gasteiger partial charge in [-0.25, -0.2) is 0 Å². The van der Waals surface area contributed by atoms with E-state index in [-0.39, 0.29) is 0 Å². The van der Waals surface area contributed by atoms with E-state index in [1.807, 2.05) is 61.0 Å². The molecule has 4 heteroatoms. The summed E-state index contributed by atoms with van der Waals surface area (Å²) in [7, 11) is 3.35. The van der Waals surface area contributed by atoms with Crippen LogP contribution in [0.15, 0.2) is 58.5 Å². The smallest absolute Gasteiger partial charge is 0.127 e. The molecular formula is C20H24N2O2. The maximum absolute atomic E-state index is 5.30. The lowest BCUT2D eigenvalue weighted by Gasteiger charge is -2.03. The third kappa shape index (κ3) is 5.54. The molecule has 0 aliphatic heterocycles. The zero-order chi connectivity index (χ0) is 17.0. The molecule has 0 bridgehead atoms. The van der Waals surface area contributed by atoms with Gasteiger partial charge in [-0.2, -0.15) is 0 Å². The van der Waals surface area contributed by atoms with Crippen molar-refractivity contribution in [2.75, 3.05) is 27.3 Å². The summed E-state index contributed by atoms with van der Waals surface area (Å²) in [5, 5.41) is 0. The van der Waals surface area contributed by atoms with Gasteiger partial charge in [-0.05, 0) is 37.1 Å². The van der Waals surface area contributed by atoms with Gasteiger partial charge in [0.1, 0.15) is 11.5 Å². The number of para-hydroxylation sites is 2. The molecule has 0 N–H and O–H groups in total.